The smallest absolute Gasteiger partial charge is 0.180 e. The predicted octanol–water partition coefficient (Wildman–Crippen LogP) is 4.28. The van der Waals surface area contributed by atoms with Gasteiger partial charge in [0.1, 0.15) is 11.6 Å². The Morgan fingerprint density at radius 3 is 2.63 bits per heavy atom. The molecule has 4 nitrogen and oxygen atoms in total. The molecule has 0 radical (unpaired) electrons. The molecule has 3 rings (SSSR count). The maximum absolute atomic E-state index is 4.56. The number of aromatic nitrogens is 3. The van der Waals surface area contributed by atoms with Gasteiger partial charge >= 0.3 is 0 Å². The zero-order valence-corrected chi connectivity index (χ0v) is 14.2. The van der Waals surface area contributed by atoms with Crippen LogP contribution in [0.25, 0.3) is 22.6 Å². The number of nitrogens with zero attached hydrogens (tertiary/aromatic N) is 3. The second kappa shape index (κ2) is 4.88. The quantitative estimate of drug-likeness (QED) is 0.696. The van der Waals surface area contributed by atoms with Crippen LogP contribution in [0.4, 0.5) is 5.82 Å². The first-order chi connectivity index (χ1) is 9.04. The van der Waals surface area contributed by atoms with Crippen molar-refractivity contribution in [2.75, 3.05) is 19.0 Å². The molecule has 3 aromatic heterocycles. The number of hydrogen-bond acceptors (Lipinski definition) is 4. The number of nitrogens with one attached hydrogen (secondary N) is 1. The van der Waals surface area contributed by atoms with Crippen molar-refractivity contribution in [2.24, 2.45) is 0 Å². The molecular formula is C12H10Br2N4S. The molecule has 0 aliphatic heterocycles. The van der Waals surface area contributed by atoms with Crippen molar-refractivity contribution in [3.8, 4) is 11.4 Å². The monoisotopic (exact) mass is 400 g/mol. The summed E-state index contributed by atoms with van der Waals surface area (Å²) in [6, 6.07) is 6.02. The molecule has 7 heteroatoms. The molecular weight excluding hydrogens is 392 g/mol. The topological polar surface area (TPSA) is 44.8 Å². The standard InChI is InChI=1S/C12H10Br2N4S/c1-18(2)9-4-3-7-12(16-9)17-11(15-7)6-5-8(13)19-10(6)14/h3-5H,1-2H3,(H,15,16,17). The summed E-state index contributed by atoms with van der Waals surface area (Å²) in [4.78, 5) is 14.3. The van der Waals surface area contributed by atoms with Gasteiger partial charge in [-0.2, -0.15) is 0 Å². The molecule has 0 aliphatic carbocycles. The molecule has 0 atom stereocenters. The molecule has 0 saturated carbocycles. The minimum absolute atomic E-state index is 0.732. The highest BCUT2D eigenvalue weighted by molar-refractivity contribution is 9.12. The Kier molecular flexibility index (Phi) is 3.36. The van der Waals surface area contributed by atoms with Crippen molar-refractivity contribution >= 4 is 60.2 Å². The fourth-order valence-electron chi connectivity index (χ4n) is 1.76. The Morgan fingerprint density at radius 1 is 1.21 bits per heavy atom. The molecule has 0 spiro atoms. The second-order valence-corrected chi connectivity index (χ2v) is 8.01. The van der Waals surface area contributed by atoms with Crippen LogP contribution in [0, 0.1) is 0 Å². The number of halogens is 2. The third kappa shape index (κ3) is 2.42. The second-order valence-electron chi connectivity index (χ2n) is 4.26. The van der Waals surface area contributed by atoms with Gasteiger partial charge in [0.2, 0.25) is 0 Å². The number of hydrogen-bond donors (Lipinski definition) is 1. The van der Waals surface area contributed by atoms with Gasteiger partial charge in [0.15, 0.2) is 5.65 Å². The van der Waals surface area contributed by atoms with E-state index in [1.807, 2.05) is 37.2 Å². The van der Waals surface area contributed by atoms with Crippen LogP contribution in [0.3, 0.4) is 0 Å². The summed E-state index contributed by atoms with van der Waals surface area (Å²) in [5.41, 5.74) is 2.71. The Hall–Kier alpha value is -0.920. The van der Waals surface area contributed by atoms with Crippen molar-refractivity contribution < 1.29 is 0 Å². The molecule has 1 N–H and O–H groups in total. The summed E-state index contributed by atoms with van der Waals surface area (Å²) in [7, 11) is 3.93. The van der Waals surface area contributed by atoms with Gasteiger partial charge in [-0.15, -0.1) is 11.3 Å². The first kappa shape index (κ1) is 13.1. The van der Waals surface area contributed by atoms with Crippen LogP contribution in [0.2, 0.25) is 0 Å². The van der Waals surface area contributed by atoms with E-state index in [-0.39, 0.29) is 0 Å². The fourth-order valence-corrected chi connectivity index (χ4v) is 4.57. The number of H-pyrrole nitrogens is 1. The molecule has 0 unspecified atom stereocenters. The lowest BCUT2D eigenvalue weighted by Crippen LogP contribution is -2.10. The third-order valence-corrected chi connectivity index (χ3v) is 5.04. The number of anilines is 1. The normalized spacial score (nSPS) is 11.2. The Bertz CT molecular complexity index is 747. The van der Waals surface area contributed by atoms with E-state index < -0.39 is 0 Å². The predicted molar refractivity (Wildman–Crippen MR) is 86.9 cm³/mol. The minimum Gasteiger partial charge on any atom is -0.363 e. The highest BCUT2D eigenvalue weighted by Gasteiger charge is 2.13. The van der Waals surface area contributed by atoms with Crippen molar-refractivity contribution in [3.63, 3.8) is 0 Å². The van der Waals surface area contributed by atoms with Crippen molar-refractivity contribution in [3.05, 3.63) is 25.8 Å². The number of fused-ring (bicyclic) bond motifs is 1. The average Bonchev–Trinajstić information content (AvgIpc) is 2.90. The molecule has 0 fully saturated rings. The molecule has 0 amide bonds. The van der Waals surface area contributed by atoms with Crippen LogP contribution < -0.4 is 4.90 Å². The number of rotatable bonds is 2. The van der Waals surface area contributed by atoms with E-state index in [0.29, 0.717) is 0 Å². The zero-order chi connectivity index (χ0) is 13.6. The summed E-state index contributed by atoms with van der Waals surface area (Å²) in [5, 5.41) is 0. The highest BCUT2D eigenvalue weighted by Crippen LogP contribution is 2.37. The molecule has 3 aromatic rings. The summed E-state index contributed by atoms with van der Waals surface area (Å²) in [6.07, 6.45) is 0. The first-order valence-electron chi connectivity index (χ1n) is 5.54. The van der Waals surface area contributed by atoms with E-state index in [2.05, 4.69) is 46.8 Å². The van der Waals surface area contributed by atoms with Crippen molar-refractivity contribution in [1.29, 1.82) is 0 Å². The van der Waals surface area contributed by atoms with Crippen LogP contribution in [0.5, 0.6) is 0 Å². The molecule has 0 saturated heterocycles. The van der Waals surface area contributed by atoms with E-state index in [9.17, 15) is 0 Å². The summed E-state index contributed by atoms with van der Waals surface area (Å²) in [6.45, 7) is 0. The number of imidazole rings is 1. The molecule has 98 valence electrons. The minimum atomic E-state index is 0.732. The van der Waals surface area contributed by atoms with Gasteiger partial charge in [-0.3, -0.25) is 0 Å². The van der Waals surface area contributed by atoms with Gasteiger partial charge in [-0.1, -0.05) is 0 Å². The number of aromatic amines is 1. The maximum atomic E-state index is 4.56. The van der Waals surface area contributed by atoms with Crippen molar-refractivity contribution in [1.82, 2.24) is 15.0 Å². The van der Waals surface area contributed by atoms with Crippen LogP contribution in [0.1, 0.15) is 0 Å². The van der Waals surface area contributed by atoms with Gasteiger partial charge in [0.25, 0.3) is 0 Å². The molecule has 0 bridgehead atoms. The van der Waals surface area contributed by atoms with Crippen LogP contribution in [0.15, 0.2) is 25.8 Å². The Balaban J connectivity index is 2.14. The summed E-state index contributed by atoms with van der Waals surface area (Å²) in [5.74, 6) is 1.73. The Labute approximate surface area is 131 Å². The van der Waals surface area contributed by atoms with Crippen LogP contribution in [-0.4, -0.2) is 29.0 Å². The van der Waals surface area contributed by atoms with Crippen LogP contribution >= 0.6 is 43.2 Å². The van der Waals surface area contributed by atoms with Gasteiger partial charge in [0, 0.05) is 19.7 Å². The Morgan fingerprint density at radius 2 is 2.00 bits per heavy atom. The molecule has 0 aromatic carbocycles. The van der Waals surface area contributed by atoms with E-state index >= 15 is 0 Å². The number of pyridine rings is 1. The van der Waals surface area contributed by atoms with Gasteiger partial charge in [0.05, 0.1) is 13.1 Å². The van der Waals surface area contributed by atoms with E-state index in [0.717, 1.165) is 35.9 Å². The van der Waals surface area contributed by atoms with Gasteiger partial charge < -0.3 is 9.88 Å². The lowest BCUT2D eigenvalue weighted by Gasteiger charge is -2.09. The van der Waals surface area contributed by atoms with E-state index in [4.69, 9.17) is 0 Å². The van der Waals surface area contributed by atoms with Crippen molar-refractivity contribution in [2.45, 2.75) is 0 Å². The van der Waals surface area contributed by atoms with E-state index in [1.165, 1.54) is 0 Å². The van der Waals surface area contributed by atoms with E-state index in [1.54, 1.807) is 11.3 Å². The largest absolute Gasteiger partial charge is 0.363 e. The van der Waals surface area contributed by atoms with Gasteiger partial charge in [-0.25, -0.2) is 9.97 Å². The number of thiophene rings is 1. The SMILES string of the molecule is CN(C)c1ccc2[nH]c(-c3cc(Br)sc3Br)nc2n1. The summed E-state index contributed by atoms with van der Waals surface area (Å²) < 4.78 is 2.11. The first-order valence-corrected chi connectivity index (χ1v) is 7.94. The maximum Gasteiger partial charge on any atom is 0.180 e. The lowest BCUT2D eigenvalue weighted by molar-refractivity contribution is 1.08. The van der Waals surface area contributed by atoms with Crippen LogP contribution in [-0.2, 0) is 0 Å². The lowest BCUT2D eigenvalue weighted by atomic mass is 10.3. The third-order valence-electron chi connectivity index (χ3n) is 2.70. The zero-order valence-electron chi connectivity index (χ0n) is 10.2. The van der Waals surface area contributed by atoms with Gasteiger partial charge in [-0.05, 0) is 50.1 Å². The molecule has 3 heterocycles. The molecule has 0 aliphatic rings. The summed E-state index contributed by atoms with van der Waals surface area (Å²) >= 11 is 8.65. The molecule has 19 heavy (non-hydrogen) atoms. The highest BCUT2D eigenvalue weighted by atomic mass is 79.9. The average molecular weight is 402 g/mol. The fraction of sp³-hybridized carbons (Fsp3) is 0.167.